The number of amides is 4. The van der Waals surface area contributed by atoms with Gasteiger partial charge in [0.15, 0.2) is 0 Å². The van der Waals surface area contributed by atoms with Crippen LogP contribution in [0.15, 0.2) is 24.3 Å². The van der Waals surface area contributed by atoms with Crippen molar-refractivity contribution in [1.29, 1.82) is 0 Å². The van der Waals surface area contributed by atoms with Crippen molar-refractivity contribution >= 4 is 17.8 Å². The van der Waals surface area contributed by atoms with Crippen molar-refractivity contribution in [3.63, 3.8) is 0 Å². The van der Waals surface area contributed by atoms with E-state index in [2.05, 4.69) is 5.32 Å². The lowest BCUT2D eigenvalue weighted by Crippen LogP contribution is -2.55. The van der Waals surface area contributed by atoms with Gasteiger partial charge < -0.3 is 10.2 Å². The molecule has 25 heavy (non-hydrogen) atoms. The van der Waals surface area contributed by atoms with Gasteiger partial charge >= 0.3 is 6.03 Å². The molecule has 0 unspecified atom stereocenters. The van der Waals surface area contributed by atoms with Gasteiger partial charge in [0, 0.05) is 19.5 Å². The number of hydrogen-bond donors (Lipinski definition) is 1. The van der Waals surface area contributed by atoms with Gasteiger partial charge in [0.05, 0.1) is 6.54 Å². The molecule has 1 N–H and O–H groups in total. The number of carbonyl (C=O) groups is 3. The van der Waals surface area contributed by atoms with Crippen LogP contribution in [0.2, 0.25) is 0 Å². The van der Waals surface area contributed by atoms with Gasteiger partial charge in [-0.2, -0.15) is 0 Å². The number of urea groups is 1. The van der Waals surface area contributed by atoms with E-state index in [-0.39, 0.29) is 24.2 Å². The Morgan fingerprint density at radius 3 is 2.44 bits per heavy atom. The second kappa shape index (κ2) is 6.82. The van der Waals surface area contributed by atoms with Crippen molar-refractivity contribution in [3.8, 4) is 0 Å². The molecule has 0 aliphatic carbocycles. The number of piperidine rings is 1. The Kier molecular flexibility index (Phi) is 4.74. The Labute approximate surface area is 146 Å². The Morgan fingerprint density at radius 2 is 1.84 bits per heavy atom. The van der Waals surface area contributed by atoms with E-state index in [0.29, 0.717) is 37.9 Å². The molecule has 2 heterocycles. The number of imide groups is 1. The number of nitrogens with zero attached hydrogens (tertiary/aromatic N) is 2. The SMILES string of the molecule is CCCC(=O)N1CCC2(CC1)NC(=O)N(Cc1ccc(F)cc1)C2=O. The number of halogens is 1. The quantitative estimate of drug-likeness (QED) is 0.848. The third-order valence-corrected chi connectivity index (χ3v) is 4.93. The Bertz CT molecular complexity index is 681. The van der Waals surface area contributed by atoms with Crippen molar-refractivity contribution in [1.82, 2.24) is 15.1 Å². The zero-order valence-electron chi connectivity index (χ0n) is 14.3. The molecule has 2 aliphatic rings. The summed E-state index contributed by atoms with van der Waals surface area (Å²) in [5, 5.41) is 2.82. The monoisotopic (exact) mass is 347 g/mol. The molecule has 1 spiro atoms. The van der Waals surface area contributed by atoms with E-state index >= 15 is 0 Å². The summed E-state index contributed by atoms with van der Waals surface area (Å²) in [4.78, 5) is 40.0. The molecule has 6 nitrogen and oxygen atoms in total. The maximum atomic E-state index is 13.0. The van der Waals surface area contributed by atoms with Crippen LogP contribution in [0.3, 0.4) is 0 Å². The van der Waals surface area contributed by atoms with Gasteiger partial charge in [-0.25, -0.2) is 9.18 Å². The lowest BCUT2D eigenvalue weighted by Gasteiger charge is -2.37. The van der Waals surface area contributed by atoms with Crippen LogP contribution in [-0.4, -0.2) is 46.3 Å². The van der Waals surface area contributed by atoms with E-state index in [1.165, 1.54) is 17.0 Å². The summed E-state index contributed by atoms with van der Waals surface area (Å²) in [6, 6.07) is 5.31. The second-order valence-corrected chi connectivity index (χ2v) is 6.66. The van der Waals surface area contributed by atoms with Gasteiger partial charge in [-0.05, 0) is 37.0 Å². The van der Waals surface area contributed by atoms with Crippen molar-refractivity contribution in [2.75, 3.05) is 13.1 Å². The largest absolute Gasteiger partial charge is 0.342 e. The van der Waals surface area contributed by atoms with E-state index in [4.69, 9.17) is 0 Å². The molecule has 134 valence electrons. The molecule has 2 aliphatic heterocycles. The van der Waals surface area contributed by atoms with Crippen LogP contribution in [-0.2, 0) is 16.1 Å². The van der Waals surface area contributed by atoms with E-state index in [1.807, 2.05) is 6.92 Å². The first-order valence-corrected chi connectivity index (χ1v) is 8.61. The van der Waals surface area contributed by atoms with Gasteiger partial charge in [0.2, 0.25) is 5.91 Å². The molecule has 0 aromatic heterocycles. The number of hydrogen-bond acceptors (Lipinski definition) is 3. The van der Waals surface area contributed by atoms with Crippen LogP contribution in [0.4, 0.5) is 9.18 Å². The molecule has 7 heteroatoms. The van der Waals surface area contributed by atoms with Crippen LogP contribution in [0.5, 0.6) is 0 Å². The molecule has 0 radical (unpaired) electrons. The van der Waals surface area contributed by atoms with Crippen molar-refractivity contribution in [2.45, 2.75) is 44.7 Å². The maximum absolute atomic E-state index is 13.0. The zero-order valence-corrected chi connectivity index (χ0v) is 14.3. The Morgan fingerprint density at radius 1 is 1.20 bits per heavy atom. The summed E-state index contributed by atoms with van der Waals surface area (Å²) in [7, 11) is 0. The minimum Gasteiger partial charge on any atom is -0.342 e. The smallest absolute Gasteiger partial charge is 0.325 e. The van der Waals surface area contributed by atoms with E-state index < -0.39 is 11.6 Å². The molecule has 1 aromatic carbocycles. The van der Waals surface area contributed by atoms with Crippen molar-refractivity contribution in [3.05, 3.63) is 35.6 Å². The minimum atomic E-state index is -0.917. The first kappa shape index (κ1) is 17.4. The maximum Gasteiger partial charge on any atom is 0.325 e. The molecule has 0 saturated carbocycles. The van der Waals surface area contributed by atoms with Crippen molar-refractivity contribution < 1.29 is 18.8 Å². The Balaban J connectivity index is 1.67. The van der Waals surface area contributed by atoms with Crippen LogP contribution < -0.4 is 5.32 Å². The number of carbonyl (C=O) groups excluding carboxylic acids is 3. The molecular formula is C18H22FN3O3. The molecule has 3 rings (SSSR count). The Hall–Kier alpha value is -2.44. The van der Waals surface area contributed by atoms with Gasteiger partial charge in [0.25, 0.3) is 5.91 Å². The van der Waals surface area contributed by atoms with Crippen LogP contribution in [0.1, 0.15) is 38.2 Å². The summed E-state index contributed by atoms with van der Waals surface area (Å²) in [5.41, 5.74) is -0.224. The second-order valence-electron chi connectivity index (χ2n) is 6.66. The van der Waals surface area contributed by atoms with Crippen LogP contribution >= 0.6 is 0 Å². The molecular weight excluding hydrogens is 325 g/mol. The van der Waals surface area contributed by atoms with Gasteiger partial charge in [-0.3, -0.25) is 14.5 Å². The standard InChI is InChI=1S/C18H22FN3O3/c1-2-3-15(23)21-10-8-18(9-11-21)16(24)22(17(25)20-18)12-13-4-6-14(19)7-5-13/h4-7H,2-3,8-12H2,1H3,(H,20,25). The highest BCUT2D eigenvalue weighted by atomic mass is 19.1. The van der Waals surface area contributed by atoms with Crippen LogP contribution in [0, 0.1) is 5.82 Å². The lowest BCUT2D eigenvalue weighted by atomic mass is 9.87. The molecule has 2 saturated heterocycles. The number of rotatable bonds is 4. The fourth-order valence-corrected chi connectivity index (χ4v) is 3.44. The third kappa shape index (κ3) is 3.36. The van der Waals surface area contributed by atoms with Gasteiger partial charge in [-0.1, -0.05) is 19.1 Å². The molecule has 0 atom stereocenters. The number of nitrogens with one attached hydrogen (secondary N) is 1. The first-order chi connectivity index (χ1) is 11.9. The molecule has 2 fully saturated rings. The fraction of sp³-hybridized carbons (Fsp3) is 0.500. The summed E-state index contributed by atoms with van der Waals surface area (Å²) in [6.07, 6.45) is 2.14. The van der Waals surface area contributed by atoms with E-state index in [0.717, 1.165) is 6.42 Å². The summed E-state index contributed by atoms with van der Waals surface area (Å²) < 4.78 is 13.0. The van der Waals surface area contributed by atoms with E-state index in [1.54, 1.807) is 17.0 Å². The lowest BCUT2D eigenvalue weighted by molar-refractivity contribution is -0.138. The highest BCUT2D eigenvalue weighted by Gasteiger charge is 2.52. The van der Waals surface area contributed by atoms with Gasteiger partial charge in [0.1, 0.15) is 11.4 Å². The van der Waals surface area contributed by atoms with Crippen molar-refractivity contribution in [2.24, 2.45) is 0 Å². The summed E-state index contributed by atoms with van der Waals surface area (Å²) >= 11 is 0. The average molecular weight is 347 g/mol. The third-order valence-electron chi connectivity index (χ3n) is 4.93. The van der Waals surface area contributed by atoms with Crippen LogP contribution in [0.25, 0.3) is 0 Å². The minimum absolute atomic E-state index is 0.0947. The topological polar surface area (TPSA) is 69.7 Å². The predicted molar refractivity (Wildman–Crippen MR) is 88.9 cm³/mol. The number of likely N-dealkylation sites (tertiary alicyclic amines) is 1. The first-order valence-electron chi connectivity index (χ1n) is 8.61. The molecule has 0 bridgehead atoms. The zero-order chi connectivity index (χ0) is 18.0. The highest BCUT2D eigenvalue weighted by molar-refractivity contribution is 6.07. The molecule has 4 amide bonds. The fourth-order valence-electron chi connectivity index (χ4n) is 3.44. The van der Waals surface area contributed by atoms with Gasteiger partial charge in [-0.15, -0.1) is 0 Å². The number of benzene rings is 1. The molecule has 1 aromatic rings. The normalized spacial score (nSPS) is 19.4. The summed E-state index contributed by atoms with van der Waals surface area (Å²) in [5.74, 6) is -0.525. The summed E-state index contributed by atoms with van der Waals surface area (Å²) in [6.45, 7) is 3.01. The van der Waals surface area contributed by atoms with E-state index in [9.17, 15) is 18.8 Å². The predicted octanol–water partition coefficient (Wildman–Crippen LogP) is 2.04. The highest BCUT2D eigenvalue weighted by Crippen LogP contribution is 2.30. The average Bonchev–Trinajstić information content (AvgIpc) is 2.82.